The largest absolute Gasteiger partial charge is 0.347 e. The predicted molar refractivity (Wildman–Crippen MR) is 78.6 cm³/mol. The molecule has 21 heavy (non-hydrogen) atoms. The molecule has 1 fully saturated rings. The summed E-state index contributed by atoms with van der Waals surface area (Å²) in [7, 11) is 0. The minimum atomic E-state index is 0.0678. The minimum Gasteiger partial charge on any atom is -0.347 e. The molecule has 1 unspecified atom stereocenters. The van der Waals surface area contributed by atoms with Gasteiger partial charge in [-0.2, -0.15) is 5.10 Å². The summed E-state index contributed by atoms with van der Waals surface area (Å²) in [4.78, 5) is 22.1. The molecule has 0 aromatic carbocycles. The van der Waals surface area contributed by atoms with Crippen LogP contribution >= 0.6 is 0 Å². The van der Waals surface area contributed by atoms with E-state index in [-0.39, 0.29) is 11.9 Å². The molecule has 0 aliphatic carbocycles. The summed E-state index contributed by atoms with van der Waals surface area (Å²) < 4.78 is 1.78. The van der Waals surface area contributed by atoms with E-state index in [1.165, 1.54) is 0 Å². The maximum absolute atomic E-state index is 12.7. The Kier molecular flexibility index (Phi) is 3.77. The van der Waals surface area contributed by atoms with E-state index < -0.39 is 0 Å². The van der Waals surface area contributed by atoms with Gasteiger partial charge in [-0.1, -0.05) is 0 Å². The fourth-order valence-electron chi connectivity index (χ4n) is 3.03. The molecule has 3 rings (SSSR count). The second-order valence-corrected chi connectivity index (χ2v) is 5.66. The summed E-state index contributed by atoms with van der Waals surface area (Å²) in [5.74, 6) is 0.999. The monoisotopic (exact) mass is 287 g/mol. The van der Waals surface area contributed by atoms with Crippen LogP contribution < -0.4 is 0 Å². The van der Waals surface area contributed by atoms with Crippen molar-refractivity contribution in [1.29, 1.82) is 0 Å². The molecular formula is C15H21N5O. The fourth-order valence-corrected chi connectivity index (χ4v) is 3.03. The van der Waals surface area contributed by atoms with Gasteiger partial charge in [-0.25, -0.2) is 4.98 Å². The number of aryl methyl sites for hydroxylation is 2. The van der Waals surface area contributed by atoms with Crippen LogP contribution in [0.25, 0.3) is 0 Å². The number of nitrogens with one attached hydrogen (secondary N) is 1. The number of carbonyl (C=O) groups excluding carboxylic acids is 1. The Morgan fingerprint density at radius 3 is 2.95 bits per heavy atom. The van der Waals surface area contributed by atoms with E-state index in [9.17, 15) is 4.79 Å². The lowest BCUT2D eigenvalue weighted by Crippen LogP contribution is -2.41. The number of aromatic nitrogens is 4. The molecule has 0 bridgehead atoms. The lowest BCUT2D eigenvalue weighted by molar-refractivity contribution is -0.136. The van der Waals surface area contributed by atoms with Gasteiger partial charge in [0.2, 0.25) is 5.91 Å². The van der Waals surface area contributed by atoms with Gasteiger partial charge in [0.15, 0.2) is 0 Å². The van der Waals surface area contributed by atoms with Crippen molar-refractivity contribution in [2.75, 3.05) is 6.54 Å². The van der Waals surface area contributed by atoms with E-state index in [0.717, 1.165) is 43.0 Å². The number of aromatic amines is 1. The number of carbonyl (C=O) groups is 1. The lowest BCUT2D eigenvalue weighted by Gasteiger charge is -2.34. The van der Waals surface area contributed by atoms with Crippen LogP contribution in [0.3, 0.4) is 0 Å². The molecule has 1 amide bonds. The number of rotatable bonds is 3. The molecular weight excluding hydrogens is 266 g/mol. The summed E-state index contributed by atoms with van der Waals surface area (Å²) in [6.07, 6.45) is 6.71. The van der Waals surface area contributed by atoms with Crippen LogP contribution in [-0.2, 0) is 11.3 Å². The van der Waals surface area contributed by atoms with Crippen molar-refractivity contribution in [3.05, 3.63) is 35.7 Å². The van der Waals surface area contributed by atoms with Gasteiger partial charge in [-0.15, -0.1) is 0 Å². The first kappa shape index (κ1) is 13.9. The Labute approximate surface area is 124 Å². The number of piperidine rings is 1. The number of likely N-dealkylation sites (tertiary alicyclic amines) is 1. The Bertz CT molecular complexity index is 616. The molecule has 0 saturated carbocycles. The minimum absolute atomic E-state index is 0.0678. The van der Waals surface area contributed by atoms with Gasteiger partial charge in [0.05, 0.1) is 11.7 Å². The number of hydrogen-bond acceptors (Lipinski definition) is 3. The molecule has 6 heteroatoms. The molecule has 1 saturated heterocycles. The van der Waals surface area contributed by atoms with Gasteiger partial charge in [0, 0.05) is 24.6 Å². The van der Waals surface area contributed by atoms with Crippen LogP contribution in [0.2, 0.25) is 0 Å². The molecule has 1 N–H and O–H groups in total. The van der Waals surface area contributed by atoms with Gasteiger partial charge < -0.3 is 9.88 Å². The highest BCUT2D eigenvalue weighted by molar-refractivity contribution is 5.76. The van der Waals surface area contributed by atoms with Gasteiger partial charge in [-0.3, -0.25) is 9.48 Å². The standard InChI is InChI=1S/C15H21N5O/c1-11-9-12(2)20(18-11)10-14(21)19-8-4-3-5-13(19)15-16-6-7-17-15/h6-7,9,13H,3-5,8,10H2,1-2H3,(H,16,17). The smallest absolute Gasteiger partial charge is 0.244 e. The van der Waals surface area contributed by atoms with Gasteiger partial charge in [0.1, 0.15) is 12.4 Å². The molecule has 1 aliphatic heterocycles. The summed E-state index contributed by atoms with van der Waals surface area (Å²) in [6, 6.07) is 2.06. The maximum atomic E-state index is 12.7. The van der Waals surface area contributed by atoms with Crippen molar-refractivity contribution in [2.24, 2.45) is 0 Å². The second-order valence-electron chi connectivity index (χ2n) is 5.66. The van der Waals surface area contributed by atoms with Crippen molar-refractivity contribution < 1.29 is 4.79 Å². The molecule has 2 aromatic rings. The zero-order chi connectivity index (χ0) is 14.8. The van der Waals surface area contributed by atoms with Gasteiger partial charge in [-0.05, 0) is 39.2 Å². The van der Waals surface area contributed by atoms with Gasteiger partial charge in [0.25, 0.3) is 0 Å². The summed E-state index contributed by atoms with van der Waals surface area (Å²) in [5, 5.41) is 4.38. The molecule has 0 spiro atoms. The van der Waals surface area contributed by atoms with Crippen molar-refractivity contribution in [3.63, 3.8) is 0 Å². The van der Waals surface area contributed by atoms with E-state index in [4.69, 9.17) is 0 Å². The van der Waals surface area contributed by atoms with E-state index in [1.54, 1.807) is 10.9 Å². The van der Waals surface area contributed by atoms with E-state index in [1.807, 2.05) is 31.0 Å². The maximum Gasteiger partial charge on any atom is 0.244 e. The lowest BCUT2D eigenvalue weighted by atomic mass is 10.0. The van der Waals surface area contributed by atoms with E-state index in [2.05, 4.69) is 15.1 Å². The third-order valence-electron chi connectivity index (χ3n) is 4.05. The SMILES string of the molecule is Cc1cc(C)n(CC(=O)N2CCCCC2c2ncc[nH]2)n1. The predicted octanol–water partition coefficient (Wildman–Crippen LogP) is 1.98. The van der Waals surface area contributed by atoms with Crippen molar-refractivity contribution in [3.8, 4) is 0 Å². The number of imidazole rings is 1. The van der Waals surface area contributed by atoms with E-state index >= 15 is 0 Å². The first-order valence-corrected chi connectivity index (χ1v) is 7.45. The molecule has 3 heterocycles. The van der Waals surface area contributed by atoms with Crippen LogP contribution in [0.5, 0.6) is 0 Å². The Morgan fingerprint density at radius 2 is 2.29 bits per heavy atom. The first-order valence-electron chi connectivity index (χ1n) is 7.45. The number of H-pyrrole nitrogens is 1. The van der Waals surface area contributed by atoms with Gasteiger partial charge >= 0.3 is 0 Å². The summed E-state index contributed by atoms with van der Waals surface area (Å²) >= 11 is 0. The summed E-state index contributed by atoms with van der Waals surface area (Å²) in [6.45, 7) is 5.02. The third kappa shape index (κ3) is 2.84. The van der Waals surface area contributed by atoms with Crippen molar-refractivity contribution in [1.82, 2.24) is 24.6 Å². The third-order valence-corrected chi connectivity index (χ3v) is 4.05. The fraction of sp³-hybridized carbons (Fsp3) is 0.533. The second kappa shape index (κ2) is 5.71. The molecule has 0 radical (unpaired) electrons. The Hall–Kier alpha value is -2.11. The zero-order valence-corrected chi connectivity index (χ0v) is 12.5. The van der Waals surface area contributed by atoms with E-state index in [0.29, 0.717) is 6.54 Å². The average Bonchev–Trinajstić information content (AvgIpc) is 3.09. The van der Waals surface area contributed by atoms with Crippen LogP contribution in [0.4, 0.5) is 0 Å². The number of amides is 1. The highest BCUT2D eigenvalue weighted by Gasteiger charge is 2.29. The highest BCUT2D eigenvalue weighted by Crippen LogP contribution is 2.28. The molecule has 1 atom stereocenters. The Morgan fingerprint density at radius 1 is 1.43 bits per heavy atom. The number of nitrogens with zero attached hydrogens (tertiary/aromatic N) is 4. The summed E-state index contributed by atoms with van der Waals surface area (Å²) in [5.41, 5.74) is 1.97. The molecule has 6 nitrogen and oxygen atoms in total. The highest BCUT2D eigenvalue weighted by atomic mass is 16.2. The van der Waals surface area contributed by atoms with Crippen LogP contribution in [0, 0.1) is 13.8 Å². The zero-order valence-electron chi connectivity index (χ0n) is 12.5. The molecule has 1 aliphatic rings. The van der Waals surface area contributed by atoms with Crippen LogP contribution in [-0.4, -0.2) is 37.1 Å². The molecule has 112 valence electrons. The van der Waals surface area contributed by atoms with Crippen LogP contribution in [0.1, 0.15) is 42.5 Å². The average molecular weight is 287 g/mol. The van der Waals surface area contributed by atoms with Crippen molar-refractivity contribution >= 4 is 5.91 Å². The van der Waals surface area contributed by atoms with Crippen LogP contribution in [0.15, 0.2) is 18.5 Å². The normalized spacial score (nSPS) is 19.0. The topological polar surface area (TPSA) is 66.8 Å². The quantitative estimate of drug-likeness (QED) is 0.938. The van der Waals surface area contributed by atoms with Crippen molar-refractivity contribution in [2.45, 2.75) is 45.7 Å². The number of hydrogen-bond donors (Lipinski definition) is 1. The Balaban J connectivity index is 1.77. The molecule has 2 aromatic heterocycles. The first-order chi connectivity index (χ1) is 10.1.